The molecular weight excluding hydrogens is 260 g/mol. The Kier molecular flexibility index (Phi) is 11.1. The summed E-state index contributed by atoms with van der Waals surface area (Å²) >= 11 is 0. The number of carbonyl (C=O) groups is 2. The number of hydrogen-bond donors (Lipinski definition) is 0. The summed E-state index contributed by atoms with van der Waals surface area (Å²) in [5.74, 6) is -0.564. The zero-order valence-corrected chi connectivity index (χ0v) is 13.1. The fourth-order valence-electron chi connectivity index (χ4n) is 1.78. The van der Waals surface area contributed by atoms with E-state index in [2.05, 4.69) is 0 Å². The summed E-state index contributed by atoms with van der Waals surface area (Å²) in [5.41, 5.74) is 0. The van der Waals surface area contributed by atoms with E-state index in [1.807, 2.05) is 27.7 Å². The van der Waals surface area contributed by atoms with Crippen LogP contribution in [0.3, 0.4) is 0 Å². The molecule has 118 valence electrons. The van der Waals surface area contributed by atoms with Gasteiger partial charge in [0.15, 0.2) is 6.10 Å². The Bertz CT molecular complexity index is 249. The monoisotopic (exact) mass is 288 g/mol. The number of esters is 2. The molecule has 1 saturated heterocycles. The summed E-state index contributed by atoms with van der Waals surface area (Å²) in [5, 5.41) is 0. The lowest BCUT2D eigenvalue weighted by atomic mass is 10.1. The molecule has 0 amide bonds. The molecule has 0 spiro atoms. The minimum absolute atomic E-state index is 0.260. The van der Waals surface area contributed by atoms with Crippen molar-refractivity contribution in [2.45, 2.75) is 78.6 Å². The molecule has 5 heteroatoms. The van der Waals surface area contributed by atoms with Crippen LogP contribution in [-0.4, -0.2) is 30.9 Å². The van der Waals surface area contributed by atoms with Gasteiger partial charge in [0.1, 0.15) is 0 Å². The first-order chi connectivity index (χ1) is 9.67. The van der Waals surface area contributed by atoms with E-state index in [1.54, 1.807) is 0 Å². The van der Waals surface area contributed by atoms with E-state index in [0.717, 1.165) is 19.3 Å². The van der Waals surface area contributed by atoms with Gasteiger partial charge in [-0.15, -0.1) is 0 Å². The van der Waals surface area contributed by atoms with Gasteiger partial charge in [-0.2, -0.15) is 0 Å². The van der Waals surface area contributed by atoms with Crippen molar-refractivity contribution in [3.63, 3.8) is 0 Å². The van der Waals surface area contributed by atoms with Gasteiger partial charge in [-0.1, -0.05) is 27.7 Å². The van der Waals surface area contributed by atoms with Crippen molar-refractivity contribution >= 4 is 11.9 Å². The second kappa shape index (κ2) is 11.7. The normalized spacial score (nSPS) is 21.4. The molecule has 1 aliphatic rings. The van der Waals surface area contributed by atoms with Crippen LogP contribution in [0.1, 0.15) is 66.2 Å². The fourth-order valence-corrected chi connectivity index (χ4v) is 1.78. The van der Waals surface area contributed by atoms with Gasteiger partial charge in [0.2, 0.25) is 6.29 Å². The Morgan fingerprint density at radius 1 is 1.05 bits per heavy atom. The topological polar surface area (TPSA) is 61.8 Å². The van der Waals surface area contributed by atoms with E-state index >= 15 is 0 Å². The zero-order valence-electron chi connectivity index (χ0n) is 13.1. The van der Waals surface area contributed by atoms with Crippen LogP contribution in [0.4, 0.5) is 0 Å². The lowest BCUT2D eigenvalue weighted by Gasteiger charge is -2.30. The molecule has 5 nitrogen and oxygen atoms in total. The van der Waals surface area contributed by atoms with E-state index in [9.17, 15) is 9.59 Å². The number of carbonyl (C=O) groups excluding carboxylic acids is 2. The van der Waals surface area contributed by atoms with Crippen LogP contribution in [0, 0.1) is 0 Å². The molecule has 1 rings (SSSR count). The summed E-state index contributed by atoms with van der Waals surface area (Å²) < 4.78 is 15.8. The minimum Gasteiger partial charge on any atom is -0.456 e. The zero-order chi connectivity index (χ0) is 15.4. The summed E-state index contributed by atoms with van der Waals surface area (Å²) in [4.78, 5) is 22.9. The standard InChI is InChI=1S/C13H22O5.C2H6/c1-3-6-11(14)17-10-8-5-9-16-13(10)18-12(15)7-4-2;1-2/h10,13H,3-9H2,1-2H3;1-2H3. The quantitative estimate of drug-likeness (QED) is 0.702. The van der Waals surface area contributed by atoms with Crippen molar-refractivity contribution in [2.24, 2.45) is 0 Å². The first kappa shape index (κ1) is 18.9. The van der Waals surface area contributed by atoms with Crippen LogP contribution in [0.25, 0.3) is 0 Å². The van der Waals surface area contributed by atoms with Gasteiger partial charge in [0.25, 0.3) is 0 Å². The highest BCUT2D eigenvalue weighted by atomic mass is 16.7. The molecule has 0 aromatic rings. The lowest BCUT2D eigenvalue weighted by molar-refractivity contribution is -0.226. The second-order valence-electron chi connectivity index (χ2n) is 4.40. The van der Waals surface area contributed by atoms with Crippen LogP contribution in [0.15, 0.2) is 0 Å². The van der Waals surface area contributed by atoms with Crippen molar-refractivity contribution in [2.75, 3.05) is 6.61 Å². The number of ether oxygens (including phenoxy) is 3. The average molecular weight is 288 g/mol. The molecule has 0 bridgehead atoms. The summed E-state index contributed by atoms with van der Waals surface area (Å²) in [7, 11) is 0. The molecule has 0 saturated carbocycles. The largest absolute Gasteiger partial charge is 0.456 e. The molecule has 20 heavy (non-hydrogen) atoms. The molecule has 0 aromatic carbocycles. The van der Waals surface area contributed by atoms with Gasteiger partial charge in [-0.25, -0.2) is 0 Å². The van der Waals surface area contributed by atoms with E-state index < -0.39 is 12.4 Å². The summed E-state index contributed by atoms with van der Waals surface area (Å²) in [6.45, 7) is 8.35. The molecule has 0 radical (unpaired) electrons. The predicted octanol–water partition coefficient (Wildman–Crippen LogP) is 3.20. The average Bonchev–Trinajstić information content (AvgIpc) is 2.44. The SMILES string of the molecule is CC.CCCC(=O)OC1CCCOC1OC(=O)CCC. The van der Waals surface area contributed by atoms with Crippen LogP contribution < -0.4 is 0 Å². The Hall–Kier alpha value is -1.10. The second-order valence-corrected chi connectivity index (χ2v) is 4.40. The molecule has 1 aliphatic heterocycles. The fraction of sp³-hybridized carbons (Fsp3) is 0.867. The Balaban J connectivity index is 0.00000172. The highest BCUT2D eigenvalue weighted by Gasteiger charge is 2.32. The van der Waals surface area contributed by atoms with Crippen LogP contribution in [-0.2, 0) is 23.8 Å². The highest BCUT2D eigenvalue weighted by Crippen LogP contribution is 2.20. The third-order valence-electron chi connectivity index (χ3n) is 2.66. The predicted molar refractivity (Wildman–Crippen MR) is 76.1 cm³/mol. The van der Waals surface area contributed by atoms with Crippen LogP contribution in [0.2, 0.25) is 0 Å². The first-order valence-corrected chi connectivity index (χ1v) is 7.68. The molecular formula is C15H28O5. The molecule has 0 N–H and O–H groups in total. The highest BCUT2D eigenvalue weighted by molar-refractivity contribution is 5.70. The summed E-state index contributed by atoms with van der Waals surface area (Å²) in [6, 6.07) is 0. The van der Waals surface area contributed by atoms with Crippen molar-refractivity contribution in [3.05, 3.63) is 0 Å². The molecule has 2 unspecified atom stereocenters. The third kappa shape index (κ3) is 7.48. The van der Waals surface area contributed by atoms with Crippen LogP contribution in [0.5, 0.6) is 0 Å². The molecule has 0 aliphatic carbocycles. The van der Waals surface area contributed by atoms with E-state index in [-0.39, 0.29) is 11.9 Å². The van der Waals surface area contributed by atoms with Gasteiger partial charge in [-0.3, -0.25) is 9.59 Å². The van der Waals surface area contributed by atoms with Crippen molar-refractivity contribution in [3.8, 4) is 0 Å². The van der Waals surface area contributed by atoms with Gasteiger partial charge < -0.3 is 14.2 Å². The van der Waals surface area contributed by atoms with Crippen molar-refractivity contribution < 1.29 is 23.8 Å². The maximum atomic E-state index is 11.5. The smallest absolute Gasteiger partial charge is 0.308 e. The lowest BCUT2D eigenvalue weighted by Crippen LogP contribution is -2.40. The van der Waals surface area contributed by atoms with Crippen LogP contribution >= 0.6 is 0 Å². The molecule has 0 aromatic heterocycles. The van der Waals surface area contributed by atoms with E-state index in [1.165, 1.54) is 0 Å². The molecule has 1 fully saturated rings. The van der Waals surface area contributed by atoms with Gasteiger partial charge in [-0.05, 0) is 25.7 Å². The Labute approximate surface area is 122 Å². The van der Waals surface area contributed by atoms with E-state index in [4.69, 9.17) is 14.2 Å². The minimum atomic E-state index is -0.737. The Morgan fingerprint density at radius 2 is 1.60 bits per heavy atom. The maximum absolute atomic E-state index is 11.5. The summed E-state index contributed by atoms with van der Waals surface area (Å²) in [6.07, 6.45) is 2.50. The number of rotatable bonds is 6. The van der Waals surface area contributed by atoms with Crippen molar-refractivity contribution in [1.82, 2.24) is 0 Å². The van der Waals surface area contributed by atoms with E-state index in [0.29, 0.717) is 25.9 Å². The first-order valence-electron chi connectivity index (χ1n) is 7.68. The molecule has 2 atom stereocenters. The molecule has 1 heterocycles. The third-order valence-corrected chi connectivity index (χ3v) is 2.66. The Morgan fingerprint density at radius 3 is 2.15 bits per heavy atom. The van der Waals surface area contributed by atoms with Gasteiger partial charge >= 0.3 is 11.9 Å². The van der Waals surface area contributed by atoms with Gasteiger partial charge in [0.05, 0.1) is 6.61 Å². The maximum Gasteiger partial charge on any atom is 0.308 e. The number of hydrogen-bond acceptors (Lipinski definition) is 5. The van der Waals surface area contributed by atoms with Gasteiger partial charge in [0, 0.05) is 12.8 Å². The van der Waals surface area contributed by atoms with Crippen molar-refractivity contribution in [1.29, 1.82) is 0 Å².